The highest BCUT2D eigenvalue weighted by atomic mass is 16.2. The number of piperazine rings is 1. The van der Waals surface area contributed by atoms with Crippen molar-refractivity contribution in [3.05, 3.63) is 59.9 Å². The van der Waals surface area contributed by atoms with Crippen molar-refractivity contribution < 1.29 is 4.79 Å². The van der Waals surface area contributed by atoms with E-state index in [9.17, 15) is 4.79 Å². The number of carbonyl (C=O) groups is 1. The molecule has 4 nitrogen and oxygen atoms in total. The summed E-state index contributed by atoms with van der Waals surface area (Å²) in [6.45, 7) is 4.54. The van der Waals surface area contributed by atoms with Gasteiger partial charge in [-0.3, -0.25) is 9.69 Å². The molecule has 110 valence electrons. The van der Waals surface area contributed by atoms with Crippen LogP contribution in [0.1, 0.15) is 11.1 Å². The minimum atomic E-state index is 0.231. The maximum Gasteiger partial charge on any atom is 0.227 e. The van der Waals surface area contributed by atoms with Crippen LogP contribution in [0.2, 0.25) is 0 Å². The number of aromatic nitrogens is 1. The fourth-order valence-electron chi connectivity index (χ4n) is 2.75. The van der Waals surface area contributed by atoms with Gasteiger partial charge in [0.25, 0.3) is 0 Å². The molecule has 1 aromatic carbocycles. The van der Waals surface area contributed by atoms with Gasteiger partial charge in [0.05, 0.1) is 6.42 Å². The van der Waals surface area contributed by atoms with E-state index in [1.165, 1.54) is 5.56 Å². The van der Waals surface area contributed by atoms with Crippen molar-refractivity contribution in [3.63, 3.8) is 0 Å². The molecule has 0 saturated carbocycles. The molecule has 21 heavy (non-hydrogen) atoms. The number of hydrogen-bond acceptors (Lipinski definition) is 2. The summed E-state index contributed by atoms with van der Waals surface area (Å²) in [4.78, 5) is 19.6. The second kappa shape index (κ2) is 6.59. The Morgan fingerprint density at radius 2 is 1.76 bits per heavy atom. The molecule has 1 N–H and O–H groups in total. The summed E-state index contributed by atoms with van der Waals surface area (Å²) in [5.41, 5.74) is 2.40. The van der Waals surface area contributed by atoms with Crippen molar-refractivity contribution >= 4 is 5.91 Å². The van der Waals surface area contributed by atoms with Gasteiger partial charge in [-0.1, -0.05) is 30.3 Å². The number of nitrogens with one attached hydrogen (secondary N) is 1. The van der Waals surface area contributed by atoms with Gasteiger partial charge in [-0.15, -0.1) is 0 Å². The molecule has 0 radical (unpaired) electrons. The van der Waals surface area contributed by atoms with E-state index in [1.807, 2.05) is 29.4 Å². The summed E-state index contributed by atoms with van der Waals surface area (Å²) in [5, 5.41) is 0. The number of rotatable bonds is 4. The van der Waals surface area contributed by atoms with Gasteiger partial charge < -0.3 is 9.88 Å². The Balaban J connectivity index is 1.47. The zero-order valence-corrected chi connectivity index (χ0v) is 12.2. The summed E-state index contributed by atoms with van der Waals surface area (Å²) < 4.78 is 0. The fraction of sp³-hybridized carbons (Fsp3) is 0.353. The Hall–Kier alpha value is -2.07. The topological polar surface area (TPSA) is 39.3 Å². The number of hydrogen-bond donors (Lipinski definition) is 1. The van der Waals surface area contributed by atoms with Crippen LogP contribution in [0.25, 0.3) is 0 Å². The van der Waals surface area contributed by atoms with E-state index >= 15 is 0 Å². The monoisotopic (exact) mass is 283 g/mol. The van der Waals surface area contributed by atoms with Gasteiger partial charge in [-0.25, -0.2) is 0 Å². The van der Waals surface area contributed by atoms with E-state index in [1.54, 1.807) is 0 Å². The van der Waals surface area contributed by atoms with Gasteiger partial charge in [-0.2, -0.15) is 0 Å². The molecule has 0 bridgehead atoms. The first-order chi connectivity index (χ1) is 10.3. The summed E-state index contributed by atoms with van der Waals surface area (Å²) in [7, 11) is 0. The van der Waals surface area contributed by atoms with Crippen LogP contribution in [-0.4, -0.2) is 46.9 Å². The van der Waals surface area contributed by atoms with Gasteiger partial charge in [-0.05, 0) is 17.2 Å². The molecule has 1 aliphatic heterocycles. The first-order valence-electron chi connectivity index (χ1n) is 7.47. The van der Waals surface area contributed by atoms with Gasteiger partial charge in [0.15, 0.2) is 0 Å². The molecule has 1 aromatic heterocycles. The van der Waals surface area contributed by atoms with E-state index < -0.39 is 0 Å². The lowest BCUT2D eigenvalue weighted by molar-refractivity contribution is -0.132. The van der Waals surface area contributed by atoms with Crippen molar-refractivity contribution in [1.29, 1.82) is 0 Å². The van der Waals surface area contributed by atoms with Gasteiger partial charge in [0.1, 0.15) is 0 Å². The molecule has 2 aromatic rings. The van der Waals surface area contributed by atoms with Crippen LogP contribution < -0.4 is 0 Å². The Morgan fingerprint density at radius 1 is 1.00 bits per heavy atom. The molecule has 0 atom stereocenters. The van der Waals surface area contributed by atoms with Crippen molar-refractivity contribution in [2.45, 2.75) is 13.0 Å². The van der Waals surface area contributed by atoms with E-state index in [0.717, 1.165) is 38.3 Å². The zero-order chi connectivity index (χ0) is 14.5. The number of benzene rings is 1. The number of H-pyrrole nitrogens is 1. The van der Waals surface area contributed by atoms with Crippen LogP contribution in [0.4, 0.5) is 0 Å². The van der Waals surface area contributed by atoms with Gasteiger partial charge in [0.2, 0.25) is 5.91 Å². The lowest BCUT2D eigenvalue weighted by Crippen LogP contribution is -2.48. The number of aromatic amines is 1. The Labute approximate surface area is 125 Å². The lowest BCUT2D eigenvalue weighted by Gasteiger charge is -2.34. The minimum Gasteiger partial charge on any atom is -0.367 e. The van der Waals surface area contributed by atoms with E-state index in [2.05, 4.69) is 34.1 Å². The lowest BCUT2D eigenvalue weighted by atomic mass is 10.2. The highest BCUT2D eigenvalue weighted by molar-refractivity contribution is 5.78. The number of nitrogens with zero attached hydrogens (tertiary/aromatic N) is 2. The summed E-state index contributed by atoms with van der Waals surface area (Å²) in [6.07, 6.45) is 4.26. The molecule has 1 saturated heterocycles. The average molecular weight is 283 g/mol. The molecule has 1 fully saturated rings. The molecule has 1 aliphatic rings. The Kier molecular flexibility index (Phi) is 4.36. The molecule has 2 heterocycles. The highest BCUT2D eigenvalue weighted by Crippen LogP contribution is 2.10. The maximum absolute atomic E-state index is 12.2. The third-order valence-corrected chi connectivity index (χ3v) is 3.99. The molecule has 4 heteroatoms. The predicted octanol–water partition coefficient (Wildman–Crippen LogP) is 1.90. The van der Waals surface area contributed by atoms with Crippen LogP contribution in [-0.2, 0) is 17.8 Å². The van der Waals surface area contributed by atoms with Crippen molar-refractivity contribution in [3.8, 4) is 0 Å². The van der Waals surface area contributed by atoms with Crippen molar-refractivity contribution in [2.24, 2.45) is 0 Å². The molecular weight excluding hydrogens is 262 g/mol. The molecule has 0 unspecified atom stereocenters. The van der Waals surface area contributed by atoms with Crippen LogP contribution in [0.15, 0.2) is 48.8 Å². The average Bonchev–Trinajstić information content (AvgIpc) is 3.02. The Morgan fingerprint density at radius 3 is 2.43 bits per heavy atom. The normalized spacial score (nSPS) is 16.1. The number of amides is 1. The van der Waals surface area contributed by atoms with Crippen LogP contribution in [0, 0.1) is 0 Å². The van der Waals surface area contributed by atoms with E-state index in [4.69, 9.17) is 0 Å². The smallest absolute Gasteiger partial charge is 0.227 e. The first-order valence-corrected chi connectivity index (χ1v) is 7.47. The molecule has 0 spiro atoms. The fourth-order valence-corrected chi connectivity index (χ4v) is 2.75. The second-order valence-electron chi connectivity index (χ2n) is 5.54. The van der Waals surface area contributed by atoms with Gasteiger partial charge in [0, 0.05) is 45.1 Å². The van der Waals surface area contributed by atoms with Crippen molar-refractivity contribution in [2.75, 3.05) is 26.2 Å². The standard InChI is InChI=1S/C17H21N3O/c21-17(12-16-6-7-18-13-16)20-10-8-19(9-11-20)14-15-4-2-1-3-5-15/h1-7,13,18H,8-12,14H2. The molecular formula is C17H21N3O. The van der Waals surface area contributed by atoms with E-state index in [0.29, 0.717) is 6.42 Å². The molecule has 3 rings (SSSR count). The summed E-state index contributed by atoms with van der Waals surface area (Å²) >= 11 is 0. The van der Waals surface area contributed by atoms with Gasteiger partial charge >= 0.3 is 0 Å². The maximum atomic E-state index is 12.2. The van der Waals surface area contributed by atoms with Crippen molar-refractivity contribution in [1.82, 2.24) is 14.8 Å². The zero-order valence-electron chi connectivity index (χ0n) is 12.2. The molecule has 0 aliphatic carbocycles. The number of carbonyl (C=O) groups excluding carboxylic acids is 1. The van der Waals surface area contributed by atoms with Crippen LogP contribution in [0.5, 0.6) is 0 Å². The summed E-state index contributed by atoms with van der Waals surface area (Å²) in [5.74, 6) is 0.231. The highest BCUT2D eigenvalue weighted by Gasteiger charge is 2.21. The SMILES string of the molecule is O=C(Cc1cc[nH]c1)N1CCN(Cc2ccccc2)CC1. The second-order valence-corrected chi connectivity index (χ2v) is 5.54. The quantitative estimate of drug-likeness (QED) is 0.931. The largest absolute Gasteiger partial charge is 0.367 e. The molecule has 1 amide bonds. The van der Waals surface area contributed by atoms with Crippen LogP contribution in [0.3, 0.4) is 0 Å². The Bertz CT molecular complexity index is 557. The third-order valence-electron chi connectivity index (χ3n) is 3.99. The third kappa shape index (κ3) is 3.73. The minimum absolute atomic E-state index is 0.231. The summed E-state index contributed by atoms with van der Waals surface area (Å²) in [6, 6.07) is 12.5. The first kappa shape index (κ1) is 13.9. The van der Waals surface area contributed by atoms with Crippen LogP contribution >= 0.6 is 0 Å². The van der Waals surface area contributed by atoms with E-state index in [-0.39, 0.29) is 5.91 Å². The predicted molar refractivity (Wildman–Crippen MR) is 82.8 cm³/mol.